The van der Waals surface area contributed by atoms with Gasteiger partial charge >= 0.3 is 0 Å². The predicted octanol–water partition coefficient (Wildman–Crippen LogP) is 10.2. The van der Waals surface area contributed by atoms with Crippen LogP contribution in [0.4, 0.5) is 28.4 Å². The van der Waals surface area contributed by atoms with E-state index >= 15 is 0 Å². The molecule has 7 nitrogen and oxygen atoms in total. The summed E-state index contributed by atoms with van der Waals surface area (Å²) >= 11 is 0. The molecule has 0 aliphatic carbocycles. The lowest BCUT2D eigenvalue weighted by molar-refractivity contribution is -0.385. The Morgan fingerprint density at radius 3 is 1.20 bits per heavy atom. The number of rotatable bonds is 9. The lowest BCUT2D eigenvalue weighted by Crippen LogP contribution is -2.10. The molecule has 0 saturated carbocycles. The Morgan fingerprint density at radius 2 is 0.822 bits per heavy atom. The molecule has 45 heavy (non-hydrogen) atoms. The average Bonchev–Trinajstić information content (AvgIpc) is 3.09. The van der Waals surface area contributed by atoms with Crippen molar-refractivity contribution in [1.29, 1.82) is 0 Å². The molecule has 6 aromatic carbocycles. The van der Waals surface area contributed by atoms with Crippen LogP contribution >= 0.6 is 0 Å². The van der Waals surface area contributed by atoms with Crippen LogP contribution in [0.25, 0.3) is 22.8 Å². The summed E-state index contributed by atoms with van der Waals surface area (Å²) in [6.07, 6.45) is 2.20. The fourth-order valence-electron chi connectivity index (χ4n) is 5.20. The number of nitro groups is 2. The minimum Gasteiger partial charge on any atom is -0.310 e. The summed E-state index contributed by atoms with van der Waals surface area (Å²) in [5.74, 6) is 0. The Bertz CT molecular complexity index is 1860. The largest absolute Gasteiger partial charge is 0.310 e. The Labute approximate surface area is 260 Å². The van der Waals surface area contributed by atoms with E-state index in [0.29, 0.717) is 11.4 Å². The molecule has 0 spiro atoms. The number of hydrogen-bond acceptors (Lipinski definition) is 5. The number of nitro benzene ring substituents is 2. The zero-order chi connectivity index (χ0) is 31.2. The van der Waals surface area contributed by atoms with Crippen molar-refractivity contribution in [1.82, 2.24) is 0 Å². The topological polar surface area (TPSA) is 89.5 Å². The molecular formula is C38H27N3O4. The monoisotopic (exact) mass is 589 g/mol. The van der Waals surface area contributed by atoms with Gasteiger partial charge in [0, 0.05) is 41.3 Å². The lowest BCUT2D eigenvalue weighted by atomic mass is 9.95. The Balaban J connectivity index is 1.30. The summed E-state index contributed by atoms with van der Waals surface area (Å²) in [5, 5.41) is 22.4. The Morgan fingerprint density at radius 1 is 0.467 bits per heavy atom. The minimum atomic E-state index is -0.444. The van der Waals surface area contributed by atoms with Crippen molar-refractivity contribution in [3.8, 4) is 11.1 Å². The van der Waals surface area contributed by atoms with Crippen molar-refractivity contribution in [3.05, 3.63) is 195 Å². The van der Waals surface area contributed by atoms with E-state index in [9.17, 15) is 20.2 Å². The van der Waals surface area contributed by atoms with Crippen LogP contribution in [0.2, 0.25) is 0 Å². The van der Waals surface area contributed by atoms with Crippen LogP contribution in [0, 0.1) is 20.2 Å². The van der Waals surface area contributed by atoms with E-state index in [-0.39, 0.29) is 11.4 Å². The zero-order valence-corrected chi connectivity index (χ0v) is 24.1. The summed E-state index contributed by atoms with van der Waals surface area (Å²) < 4.78 is 0. The van der Waals surface area contributed by atoms with Gasteiger partial charge in [-0.05, 0) is 75.9 Å². The molecule has 0 atom stereocenters. The Hall–Kier alpha value is -6.34. The first-order valence-electron chi connectivity index (χ1n) is 14.3. The molecular weight excluding hydrogens is 562 g/mol. The van der Waals surface area contributed by atoms with Gasteiger partial charge in [-0.2, -0.15) is 0 Å². The standard InChI is InChI=1S/C38H27N3O4/c42-40(43)36-23-19-34(20-24-36)39(35-21-25-37(26-22-35)41(44)45)33-17-15-30(16-18-33)29-13-11-28(12-14-29)27-38(31-7-3-1-4-8-31)32-9-5-2-6-10-32/h1-27H. The summed E-state index contributed by atoms with van der Waals surface area (Å²) in [4.78, 5) is 23.5. The molecule has 6 rings (SSSR count). The van der Waals surface area contributed by atoms with E-state index < -0.39 is 9.85 Å². The number of non-ortho nitro benzene ring substituents is 2. The zero-order valence-electron chi connectivity index (χ0n) is 24.1. The van der Waals surface area contributed by atoms with Crippen LogP contribution in [0.5, 0.6) is 0 Å². The molecule has 218 valence electrons. The molecule has 0 amide bonds. The number of nitrogens with zero attached hydrogens (tertiary/aromatic N) is 3. The molecule has 0 fully saturated rings. The quantitative estimate of drug-likeness (QED) is 0.0951. The first-order chi connectivity index (χ1) is 22.0. The van der Waals surface area contributed by atoms with Gasteiger partial charge in [0.1, 0.15) is 0 Å². The molecule has 0 saturated heterocycles. The second-order valence-corrected chi connectivity index (χ2v) is 10.3. The molecule has 0 radical (unpaired) electrons. The van der Waals surface area contributed by atoms with Crippen LogP contribution in [0.1, 0.15) is 16.7 Å². The van der Waals surface area contributed by atoms with E-state index in [2.05, 4.69) is 54.6 Å². The van der Waals surface area contributed by atoms with Gasteiger partial charge in [0.15, 0.2) is 0 Å². The van der Waals surface area contributed by atoms with Crippen molar-refractivity contribution in [3.63, 3.8) is 0 Å². The first-order valence-corrected chi connectivity index (χ1v) is 14.3. The third kappa shape index (κ3) is 6.53. The summed E-state index contributed by atoms with van der Waals surface area (Å²) in [5.41, 5.74) is 8.74. The van der Waals surface area contributed by atoms with Crippen LogP contribution in [0.3, 0.4) is 0 Å². The van der Waals surface area contributed by atoms with Gasteiger partial charge in [-0.3, -0.25) is 20.2 Å². The van der Waals surface area contributed by atoms with Crippen molar-refractivity contribution < 1.29 is 9.85 Å². The lowest BCUT2D eigenvalue weighted by Gasteiger charge is -2.25. The van der Waals surface area contributed by atoms with E-state index in [1.807, 2.05) is 65.6 Å². The second kappa shape index (κ2) is 12.9. The molecule has 0 aliphatic heterocycles. The minimum absolute atomic E-state index is 0.0179. The molecule has 0 heterocycles. The van der Waals surface area contributed by atoms with Crippen molar-refractivity contribution >= 4 is 40.1 Å². The highest BCUT2D eigenvalue weighted by Crippen LogP contribution is 2.37. The summed E-state index contributed by atoms with van der Waals surface area (Å²) in [7, 11) is 0. The molecule has 0 bridgehead atoms. The molecule has 6 aromatic rings. The van der Waals surface area contributed by atoms with Crippen LogP contribution in [-0.4, -0.2) is 9.85 Å². The second-order valence-electron chi connectivity index (χ2n) is 10.3. The molecule has 7 heteroatoms. The highest BCUT2D eigenvalue weighted by molar-refractivity contribution is 5.91. The van der Waals surface area contributed by atoms with Gasteiger partial charge in [-0.25, -0.2) is 0 Å². The normalized spacial score (nSPS) is 10.6. The summed E-state index contributed by atoms with van der Waals surface area (Å²) in [6, 6.07) is 49.5. The maximum Gasteiger partial charge on any atom is 0.269 e. The third-order valence-corrected chi connectivity index (χ3v) is 7.49. The van der Waals surface area contributed by atoms with Crippen molar-refractivity contribution in [2.75, 3.05) is 4.90 Å². The van der Waals surface area contributed by atoms with Crippen LogP contribution in [0.15, 0.2) is 158 Å². The van der Waals surface area contributed by atoms with E-state index in [4.69, 9.17) is 0 Å². The van der Waals surface area contributed by atoms with E-state index in [0.717, 1.165) is 39.1 Å². The average molecular weight is 590 g/mol. The van der Waals surface area contributed by atoms with Crippen LogP contribution in [-0.2, 0) is 0 Å². The van der Waals surface area contributed by atoms with E-state index in [1.165, 1.54) is 24.3 Å². The maximum atomic E-state index is 11.2. The van der Waals surface area contributed by atoms with Crippen molar-refractivity contribution in [2.24, 2.45) is 0 Å². The van der Waals surface area contributed by atoms with Gasteiger partial charge in [-0.1, -0.05) is 97.1 Å². The number of hydrogen-bond donors (Lipinski definition) is 0. The third-order valence-electron chi connectivity index (χ3n) is 7.49. The molecule has 0 aliphatic rings. The van der Waals surface area contributed by atoms with Crippen molar-refractivity contribution in [2.45, 2.75) is 0 Å². The highest BCUT2D eigenvalue weighted by Gasteiger charge is 2.16. The highest BCUT2D eigenvalue weighted by atomic mass is 16.6. The predicted molar refractivity (Wildman–Crippen MR) is 180 cm³/mol. The Kier molecular flexibility index (Phi) is 8.24. The van der Waals surface area contributed by atoms with Gasteiger partial charge in [0.25, 0.3) is 11.4 Å². The van der Waals surface area contributed by atoms with Crippen LogP contribution < -0.4 is 4.90 Å². The van der Waals surface area contributed by atoms with E-state index in [1.54, 1.807) is 24.3 Å². The molecule has 0 aromatic heterocycles. The SMILES string of the molecule is O=[N+]([O-])c1ccc(N(c2ccc(-c3ccc(C=C(c4ccccc4)c4ccccc4)cc3)cc2)c2ccc([N+](=O)[O-])cc2)cc1. The maximum absolute atomic E-state index is 11.2. The van der Waals surface area contributed by atoms with Gasteiger partial charge in [-0.15, -0.1) is 0 Å². The fourth-order valence-corrected chi connectivity index (χ4v) is 5.20. The van der Waals surface area contributed by atoms with Gasteiger partial charge in [0.05, 0.1) is 9.85 Å². The summed E-state index contributed by atoms with van der Waals surface area (Å²) in [6.45, 7) is 0. The number of anilines is 3. The smallest absolute Gasteiger partial charge is 0.269 e. The van der Waals surface area contributed by atoms with Gasteiger partial charge in [0.2, 0.25) is 0 Å². The molecule has 0 unspecified atom stereocenters. The van der Waals surface area contributed by atoms with Gasteiger partial charge < -0.3 is 4.90 Å². The molecule has 0 N–H and O–H groups in total. The number of benzene rings is 6. The first kappa shape index (κ1) is 28.8. The fraction of sp³-hybridized carbons (Fsp3) is 0.